The Morgan fingerprint density at radius 2 is 1.69 bits per heavy atom. The fourth-order valence-corrected chi connectivity index (χ4v) is 2.72. The third-order valence-corrected chi connectivity index (χ3v) is 5.39. The van der Waals surface area contributed by atoms with E-state index >= 15 is 0 Å². The molecule has 0 aromatic rings. The van der Waals surface area contributed by atoms with E-state index in [0.717, 1.165) is 12.8 Å². The van der Waals surface area contributed by atoms with Gasteiger partial charge in [-0.15, -0.1) is 0 Å². The molecule has 1 atom stereocenters. The molecule has 1 unspecified atom stereocenters. The molecule has 0 rings (SSSR count). The Labute approximate surface area is 101 Å². The lowest BCUT2D eigenvalue weighted by molar-refractivity contribution is 0.468. The van der Waals surface area contributed by atoms with E-state index in [1.165, 1.54) is 0 Å². The second-order valence-electron chi connectivity index (χ2n) is 5.96. The Morgan fingerprint density at radius 1 is 1.19 bits per heavy atom. The molecule has 0 aromatic carbocycles. The first kappa shape index (κ1) is 15.9. The van der Waals surface area contributed by atoms with Crippen LogP contribution in [0, 0.1) is 5.92 Å². The summed E-state index contributed by atoms with van der Waals surface area (Å²) in [4.78, 5) is 0. The summed E-state index contributed by atoms with van der Waals surface area (Å²) < 4.78 is 23.0. The molecule has 0 radical (unpaired) electrons. The molecule has 4 heteroatoms. The molecule has 0 saturated carbocycles. The molecule has 0 bridgehead atoms. The van der Waals surface area contributed by atoms with Gasteiger partial charge in [-0.2, -0.15) is 0 Å². The van der Waals surface area contributed by atoms with Gasteiger partial charge in [0, 0.05) is 6.04 Å². The summed E-state index contributed by atoms with van der Waals surface area (Å²) in [5.41, 5.74) is 5.92. The van der Waals surface area contributed by atoms with Crippen LogP contribution in [0.15, 0.2) is 0 Å². The first-order chi connectivity index (χ1) is 7.06. The molecule has 16 heavy (non-hydrogen) atoms. The predicted molar refractivity (Wildman–Crippen MR) is 70.2 cm³/mol. The van der Waals surface area contributed by atoms with Crippen LogP contribution in [0.1, 0.15) is 53.9 Å². The Balaban J connectivity index is 4.00. The molecule has 0 amide bonds. The quantitative estimate of drug-likeness (QED) is 0.786. The van der Waals surface area contributed by atoms with E-state index in [4.69, 9.17) is 5.73 Å². The highest BCUT2D eigenvalue weighted by Gasteiger charge is 2.28. The highest BCUT2D eigenvalue weighted by Crippen LogP contribution is 2.18. The highest BCUT2D eigenvalue weighted by molar-refractivity contribution is 7.92. The lowest BCUT2D eigenvalue weighted by Gasteiger charge is -2.20. The first-order valence-electron chi connectivity index (χ1n) is 6.04. The van der Waals surface area contributed by atoms with Crippen LogP contribution in [0.5, 0.6) is 0 Å². The summed E-state index contributed by atoms with van der Waals surface area (Å²) >= 11 is 0. The third kappa shape index (κ3) is 5.85. The molecule has 98 valence electrons. The molecule has 0 aliphatic carbocycles. The molecule has 2 N–H and O–H groups in total. The maximum atomic E-state index is 11.8. The third-order valence-electron chi connectivity index (χ3n) is 2.70. The Kier molecular flexibility index (Phi) is 5.98. The second kappa shape index (κ2) is 6.01. The minimum atomic E-state index is -2.98. The summed E-state index contributed by atoms with van der Waals surface area (Å²) in [6, 6.07) is 0.134. The van der Waals surface area contributed by atoms with E-state index in [1.54, 1.807) is 20.8 Å². The van der Waals surface area contributed by atoms with Crippen LogP contribution in [0.25, 0.3) is 0 Å². The van der Waals surface area contributed by atoms with Gasteiger partial charge in [-0.3, -0.25) is 0 Å². The van der Waals surface area contributed by atoms with Crippen molar-refractivity contribution in [2.45, 2.75) is 64.7 Å². The molecule has 0 aliphatic rings. The van der Waals surface area contributed by atoms with Crippen LogP contribution in [-0.4, -0.2) is 25.0 Å². The van der Waals surface area contributed by atoms with Crippen LogP contribution in [-0.2, 0) is 9.84 Å². The van der Waals surface area contributed by atoms with E-state index in [1.807, 2.05) is 0 Å². The van der Waals surface area contributed by atoms with Gasteiger partial charge in [0.25, 0.3) is 0 Å². The number of rotatable bonds is 6. The van der Waals surface area contributed by atoms with Crippen molar-refractivity contribution >= 4 is 9.84 Å². The molecular formula is C12H27NO2S. The SMILES string of the molecule is CC(C)CC(N)CCCS(=O)(=O)C(C)(C)C. The van der Waals surface area contributed by atoms with Gasteiger partial charge < -0.3 is 5.73 Å². The second-order valence-corrected chi connectivity index (χ2v) is 8.83. The van der Waals surface area contributed by atoms with Gasteiger partial charge in [0.2, 0.25) is 0 Å². The maximum absolute atomic E-state index is 11.8. The summed E-state index contributed by atoms with van der Waals surface area (Å²) in [6.45, 7) is 9.50. The first-order valence-corrected chi connectivity index (χ1v) is 7.69. The summed E-state index contributed by atoms with van der Waals surface area (Å²) in [5, 5.41) is 0. The van der Waals surface area contributed by atoms with Gasteiger partial charge >= 0.3 is 0 Å². The van der Waals surface area contributed by atoms with Gasteiger partial charge in [-0.25, -0.2) is 8.42 Å². The van der Waals surface area contributed by atoms with Crippen molar-refractivity contribution in [3.05, 3.63) is 0 Å². The number of hydrogen-bond acceptors (Lipinski definition) is 3. The molecule has 3 nitrogen and oxygen atoms in total. The molecular weight excluding hydrogens is 222 g/mol. The molecule has 0 saturated heterocycles. The normalized spacial score (nSPS) is 15.4. The topological polar surface area (TPSA) is 60.2 Å². The van der Waals surface area contributed by atoms with E-state index in [2.05, 4.69) is 13.8 Å². The average Bonchev–Trinajstić information content (AvgIpc) is 1.99. The summed E-state index contributed by atoms with van der Waals surface area (Å²) in [5.74, 6) is 0.830. The van der Waals surface area contributed by atoms with Crippen molar-refractivity contribution in [1.29, 1.82) is 0 Å². The fourth-order valence-electron chi connectivity index (χ4n) is 1.57. The number of sulfone groups is 1. The van der Waals surface area contributed by atoms with Crippen molar-refractivity contribution in [2.75, 3.05) is 5.75 Å². The van der Waals surface area contributed by atoms with Gasteiger partial charge in [0.1, 0.15) is 0 Å². The Bertz CT molecular complexity index is 289. The zero-order chi connectivity index (χ0) is 13.0. The van der Waals surface area contributed by atoms with Crippen LogP contribution in [0.4, 0.5) is 0 Å². The van der Waals surface area contributed by atoms with Crippen molar-refractivity contribution in [3.8, 4) is 0 Å². The van der Waals surface area contributed by atoms with Crippen LogP contribution < -0.4 is 5.73 Å². The predicted octanol–water partition coefficient (Wildman–Crippen LogP) is 2.35. The van der Waals surface area contributed by atoms with Crippen LogP contribution in [0.2, 0.25) is 0 Å². The molecule has 0 fully saturated rings. The van der Waals surface area contributed by atoms with E-state index in [-0.39, 0.29) is 11.8 Å². The van der Waals surface area contributed by atoms with Crippen LogP contribution in [0.3, 0.4) is 0 Å². The Hall–Kier alpha value is -0.0900. The van der Waals surface area contributed by atoms with Gasteiger partial charge in [-0.1, -0.05) is 13.8 Å². The van der Waals surface area contributed by atoms with E-state index in [0.29, 0.717) is 12.3 Å². The summed E-state index contributed by atoms with van der Waals surface area (Å²) in [6.07, 6.45) is 2.44. The largest absolute Gasteiger partial charge is 0.328 e. The smallest absolute Gasteiger partial charge is 0.155 e. The van der Waals surface area contributed by atoms with Gasteiger partial charge in [0.15, 0.2) is 9.84 Å². The maximum Gasteiger partial charge on any atom is 0.155 e. The highest BCUT2D eigenvalue weighted by atomic mass is 32.2. The zero-order valence-electron chi connectivity index (χ0n) is 11.3. The lowest BCUT2D eigenvalue weighted by Crippen LogP contribution is -2.31. The van der Waals surface area contributed by atoms with Crippen molar-refractivity contribution in [1.82, 2.24) is 0 Å². The lowest BCUT2D eigenvalue weighted by atomic mass is 10.0. The van der Waals surface area contributed by atoms with E-state index in [9.17, 15) is 8.42 Å². The molecule has 0 heterocycles. The van der Waals surface area contributed by atoms with Crippen molar-refractivity contribution in [2.24, 2.45) is 11.7 Å². The van der Waals surface area contributed by atoms with E-state index < -0.39 is 14.6 Å². The fraction of sp³-hybridized carbons (Fsp3) is 1.00. The Morgan fingerprint density at radius 3 is 2.06 bits per heavy atom. The minimum Gasteiger partial charge on any atom is -0.328 e. The summed E-state index contributed by atoms with van der Waals surface area (Å²) in [7, 11) is -2.98. The number of hydrogen-bond donors (Lipinski definition) is 1. The minimum absolute atomic E-state index is 0.134. The van der Waals surface area contributed by atoms with Crippen molar-refractivity contribution < 1.29 is 8.42 Å². The average molecular weight is 249 g/mol. The number of nitrogens with two attached hydrogens (primary N) is 1. The molecule has 0 aliphatic heterocycles. The van der Waals surface area contributed by atoms with Gasteiger partial charge in [-0.05, 0) is 46.0 Å². The monoisotopic (exact) mass is 249 g/mol. The molecule has 0 aromatic heterocycles. The van der Waals surface area contributed by atoms with Crippen LogP contribution >= 0.6 is 0 Å². The zero-order valence-corrected chi connectivity index (χ0v) is 12.1. The molecule has 0 spiro atoms. The standard InChI is InChI=1S/C12H27NO2S/c1-10(2)9-11(13)7-6-8-16(14,15)12(3,4)5/h10-11H,6-9,13H2,1-5H3. The van der Waals surface area contributed by atoms with Crippen molar-refractivity contribution in [3.63, 3.8) is 0 Å². The van der Waals surface area contributed by atoms with Gasteiger partial charge in [0.05, 0.1) is 10.5 Å².